The van der Waals surface area contributed by atoms with E-state index in [0.717, 1.165) is 56.0 Å². The summed E-state index contributed by atoms with van der Waals surface area (Å²) in [5.74, 6) is -6.85. The topological polar surface area (TPSA) is 247 Å². The molecule has 0 aliphatic carbocycles. The van der Waals surface area contributed by atoms with Gasteiger partial charge >= 0.3 is 48.5 Å². The zero-order chi connectivity index (χ0) is 60.4. The molecule has 4 aliphatic heterocycles. The summed E-state index contributed by atoms with van der Waals surface area (Å²) in [6.07, 6.45) is -14.0. The number of urea groups is 2. The molecule has 4 aromatic carbocycles. The number of hydrogen-bond donors (Lipinski definition) is 3. The van der Waals surface area contributed by atoms with Crippen molar-refractivity contribution in [3.63, 3.8) is 0 Å². The summed E-state index contributed by atoms with van der Waals surface area (Å²) in [5.41, 5.74) is -1.53. The summed E-state index contributed by atoms with van der Waals surface area (Å²) in [6.45, 7) is -1.30. The Kier molecular flexibility index (Phi) is 17.1. The Balaban J connectivity index is 0.00000130. The third-order valence-electron chi connectivity index (χ3n) is 13.7. The molecule has 0 radical (unpaired) electrons. The number of halogens is 9. The standard InChI is InChI=1S/C52H45F6N9O8.C2HF3O2/c1-67(2,21-5-19-61-27-39-43(47(61)72)45(33-15-11-31(25-59)12-16-33)63(29-41(68)69)49(74)65(39)37-9-3-7-35(23-37)51(53,54)55)22-6-20-62-28-40-44(48(62)73)46(34-17-13-32(26-60)14-18-34)64(30-42(70)71)50(75)66(40)38-10-4-8-36(24-38)52(56,57)58;3-2(4,5)1(6)7/h3-4,7-18,23-24,45-46H,5-6,19-22,27-30H2,1-2H3,(H-,68,69,70,71);(H,6,7)/p+1/t45-,46-;/m1./s1. The molecule has 0 spiro atoms. The molecule has 8 rings (SSSR count). The molecule has 19 nitrogen and oxygen atoms in total. The maximum Gasteiger partial charge on any atom is 0.490 e. The Morgan fingerprint density at radius 1 is 0.573 bits per heavy atom. The summed E-state index contributed by atoms with van der Waals surface area (Å²) in [5, 5.41) is 45.9. The summed E-state index contributed by atoms with van der Waals surface area (Å²) < 4.78 is 116. The van der Waals surface area contributed by atoms with E-state index in [1.807, 2.05) is 26.2 Å². The molecule has 2 atom stereocenters. The molecule has 82 heavy (non-hydrogen) atoms. The van der Waals surface area contributed by atoms with Gasteiger partial charge in [-0.3, -0.25) is 29.0 Å². The summed E-state index contributed by atoms with van der Waals surface area (Å²) >= 11 is 0. The van der Waals surface area contributed by atoms with E-state index in [-0.39, 0.29) is 82.3 Å². The molecular formula is C54H47F9N9O10+. The van der Waals surface area contributed by atoms with Gasteiger partial charge in [-0.25, -0.2) is 14.4 Å². The molecule has 4 aromatic rings. The quantitative estimate of drug-likeness (QED) is 0.0714. The molecule has 0 saturated heterocycles. The van der Waals surface area contributed by atoms with Crippen LogP contribution in [0.25, 0.3) is 0 Å². The first-order valence-corrected chi connectivity index (χ1v) is 24.5. The van der Waals surface area contributed by atoms with Gasteiger partial charge in [0.15, 0.2) is 0 Å². The van der Waals surface area contributed by atoms with E-state index in [1.54, 1.807) is 0 Å². The number of nitriles is 2. The van der Waals surface area contributed by atoms with Crippen molar-refractivity contribution in [2.45, 2.75) is 43.5 Å². The highest BCUT2D eigenvalue weighted by Gasteiger charge is 2.51. The van der Waals surface area contributed by atoms with Crippen molar-refractivity contribution in [1.82, 2.24) is 19.6 Å². The average Bonchev–Trinajstić information content (AvgIpc) is 4.07. The minimum Gasteiger partial charge on any atom is -0.480 e. The third kappa shape index (κ3) is 12.9. The number of carbonyl (C=O) groups excluding carboxylic acids is 4. The summed E-state index contributed by atoms with van der Waals surface area (Å²) in [6, 6.07) is 18.8. The van der Waals surface area contributed by atoms with Gasteiger partial charge in [0.1, 0.15) is 13.1 Å². The SMILES string of the molecule is C[N+](C)(CCCN1CC2=C(C1=O)[C@@H](c1ccc(C#N)cc1)N(CC(=O)O)C(=O)N2c1cccc(C(F)(F)F)c1)CCCN1CC2=C(C1=O)[C@@H](c1ccc(C#N)cc1)N(CC(=O)O)C(=O)N2c1cccc(C(F)(F)F)c1.O=C(O)C(F)(F)F. The van der Waals surface area contributed by atoms with Gasteiger partial charge in [-0.15, -0.1) is 0 Å². The van der Waals surface area contributed by atoms with Gasteiger partial charge in [0.25, 0.3) is 11.8 Å². The van der Waals surface area contributed by atoms with Crippen molar-refractivity contribution < 1.29 is 92.9 Å². The molecule has 4 aliphatic rings. The second-order valence-corrected chi connectivity index (χ2v) is 19.7. The smallest absolute Gasteiger partial charge is 0.480 e. The second kappa shape index (κ2) is 23.3. The van der Waals surface area contributed by atoms with Crippen LogP contribution in [0.4, 0.5) is 60.5 Å². The van der Waals surface area contributed by atoms with Gasteiger partial charge in [0.2, 0.25) is 0 Å². The predicted molar refractivity (Wildman–Crippen MR) is 267 cm³/mol. The molecule has 28 heteroatoms. The number of quaternary nitrogens is 1. The van der Waals surface area contributed by atoms with Crippen molar-refractivity contribution in [3.8, 4) is 12.1 Å². The number of nitrogens with zero attached hydrogens (tertiary/aromatic N) is 9. The number of carboxylic acid groups (broad SMARTS) is 3. The van der Waals surface area contributed by atoms with E-state index < -0.39 is 96.6 Å². The van der Waals surface area contributed by atoms with Gasteiger partial charge in [-0.05, 0) is 71.8 Å². The summed E-state index contributed by atoms with van der Waals surface area (Å²) in [7, 11) is 3.78. The summed E-state index contributed by atoms with van der Waals surface area (Å²) in [4.78, 5) is 97.8. The minimum atomic E-state index is -5.08. The number of anilines is 2. The van der Waals surface area contributed by atoms with Crippen molar-refractivity contribution >= 4 is 53.2 Å². The molecule has 0 unspecified atom stereocenters. The number of amides is 6. The van der Waals surface area contributed by atoms with Crippen LogP contribution in [0.1, 0.15) is 58.3 Å². The zero-order valence-electron chi connectivity index (χ0n) is 43.1. The number of aliphatic carboxylic acids is 3. The number of alkyl halides is 9. The fourth-order valence-electron chi connectivity index (χ4n) is 10.0. The van der Waals surface area contributed by atoms with Crippen molar-refractivity contribution in [2.75, 3.05) is 76.3 Å². The Bertz CT molecular complexity index is 3160. The van der Waals surface area contributed by atoms with Crippen LogP contribution in [-0.4, -0.2) is 154 Å². The molecule has 3 N–H and O–H groups in total. The maximum atomic E-state index is 14.6. The van der Waals surface area contributed by atoms with Crippen molar-refractivity contribution in [1.29, 1.82) is 10.5 Å². The highest BCUT2D eigenvalue weighted by atomic mass is 19.4. The van der Waals surface area contributed by atoms with Crippen LogP contribution in [0, 0.1) is 22.7 Å². The Hall–Kier alpha value is -9.44. The van der Waals surface area contributed by atoms with Crippen LogP contribution in [-0.2, 0) is 36.3 Å². The number of carbonyl (C=O) groups is 7. The molecule has 0 saturated carbocycles. The third-order valence-corrected chi connectivity index (χ3v) is 13.7. The van der Waals surface area contributed by atoms with Crippen molar-refractivity contribution in [2.24, 2.45) is 0 Å². The lowest BCUT2D eigenvalue weighted by molar-refractivity contribution is -0.890. The molecule has 0 bridgehead atoms. The monoisotopic (exact) mass is 1150 g/mol. The first-order chi connectivity index (χ1) is 38.4. The lowest BCUT2D eigenvalue weighted by atomic mass is 9.92. The van der Waals surface area contributed by atoms with Gasteiger partial charge in [-0.2, -0.15) is 50.0 Å². The number of rotatable bonds is 16. The lowest BCUT2D eigenvalue weighted by Gasteiger charge is -2.41. The molecular weight excluding hydrogens is 1110 g/mol. The fourth-order valence-corrected chi connectivity index (χ4v) is 10.0. The van der Waals surface area contributed by atoms with Gasteiger partial charge in [0.05, 0.1) is 121 Å². The highest BCUT2D eigenvalue weighted by Crippen LogP contribution is 2.46. The Morgan fingerprint density at radius 2 is 0.915 bits per heavy atom. The van der Waals surface area contributed by atoms with E-state index in [4.69, 9.17) is 9.90 Å². The molecule has 0 fully saturated rings. The van der Waals surface area contributed by atoms with Crippen LogP contribution in [0.3, 0.4) is 0 Å². The van der Waals surface area contributed by atoms with Crippen LogP contribution < -0.4 is 9.80 Å². The largest absolute Gasteiger partial charge is 0.490 e. The molecule has 0 aromatic heterocycles. The molecule has 4 heterocycles. The first kappa shape index (κ1) is 60.2. The Morgan fingerprint density at radius 3 is 1.21 bits per heavy atom. The van der Waals surface area contributed by atoms with Crippen LogP contribution in [0.2, 0.25) is 0 Å². The van der Waals surface area contributed by atoms with Gasteiger partial charge < -0.3 is 39.4 Å². The number of hydrogen-bond acceptors (Lipinski definition) is 9. The highest BCUT2D eigenvalue weighted by molar-refractivity contribution is 6.09. The van der Waals surface area contributed by atoms with E-state index in [9.17, 15) is 89.0 Å². The van der Waals surface area contributed by atoms with E-state index in [0.29, 0.717) is 30.4 Å². The minimum absolute atomic E-state index is 0.0286. The van der Waals surface area contributed by atoms with Crippen LogP contribution in [0.15, 0.2) is 120 Å². The molecule has 6 amide bonds. The van der Waals surface area contributed by atoms with Gasteiger partial charge in [0, 0.05) is 25.9 Å². The maximum absolute atomic E-state index is 14.6. The first-order valence-electron chi connectivity index (χ1n) is 24.5. The van der Waals surface area contributed by atoms with Gasteiger partial charge in [-0.1, -0.05) is 36.4 Å². The fraction of sp³-hybridized carbons (Fsp3) is 0.315. The lowest BCUT2D eigenvalue weighted by Crippen LogP contribution is -2.52. The van der Waals surface area contributed by atoms with Crippen molar-refractivity contribution in [3.05, 3.63) is 153 Å². The normalized spacial score (nSPS) is 17.6. The average molecular weight is 1150 g/mol. The van der Waals surface area contributed by atoms with E-state index >= 15 is 0 Å². The second-order valence-electron chi connectivity index (χ2n) is 19.7. The van der Waals surface area contributed by atoms with E-state index in [1.165, 1.54) is 70.5 Å². The number of carboxylic acids is 3. The Labute approximate surface area is 459 Å². The zero-order valence-corrected chi connectivity index (χ0v) is 43.1. The predicted octanol–water partition coefficient (Wildman–Crippen LogP) is 7.99. The van der Waals surface area contributed by atoms with Crippen LogP contribution in [0.5, 0.6) is 0 Å². The van der Waals surface area contributed by atoms with E-state index in [2.05, 4.69) is 0 Å². The number of benzene rings is 4. The molecule has 430 valence electrons. The van der Waals surface area contributed by atoms with Crippen LogP contribution >= 0.6 is 0 Å².